The first-order valence-electron chi connectivity index (χ1n) is 7.46. The molecule has 1 aliphatic heterocycles. The highest BCUT2D eigenvalue weighted by Gasteiger charge is 2.28. The molecular weight excluding hydrogens is 290 g/mol. The van der Waals surface area contributed by atoms with Crippen LogP contribution in [0.2, 0.25) is 0 Å². The van der Waals surface area contributed by atoms with E-state index < -0.39 is 0 Å². The Hall–Kier alpha value is -2.20. The Morgan fingerprint density at radius 1 is 1.09 bits per heavy atom. The van der Waals surface area contributed by atoms with Crippen molar-refractivity contribution < 1.29 is 0 Å². The van der Waals surface area contributed by atoms with E-state index in [4.69, 9.17) is 10.1 Å². The fraction of sp³-hybridized carbons (Fsp3) is 0.222. The molecule has 0 saturated heterocycles. The van der Waals surface area contributed by atoms with Crippen LogP contribution in [0, 0.1) is 6.92 Å². The first kappa shape index (κ1) is 13.5. The summed E-state index contributed by atoms with van der Waals surface area (Å²) in [5.41, 5.74) is 4.55. The van der Waals surface area contributed by atoms with Gasteiger partial charge in [-0.3, -0.25) is 0 Å². The fourth-order valence-corrected chi connectivity index (χ4v) is 3.91. The van der Waals surface area contributed by atoms with Crippen LogP contribution in [0.4, 0.5) is 5.82 Å². The molecule has 110 valence electrons. The minimum absolute atomic E-state index is 0.267. The van der Waals surface area contributed by atoms with Crippen molar-refractivity contribution in [2.45, 2.75) is 26.3 Å². The van der Waals surface area contributed by atoms with Crippen LogP contribution in [0.3, 0.4) is 0 Å². The second-order valence-electron chi connectivity index (χ2n) is 5.68. The zero-order valence-electron chi connectivity index (χ0n) is 12.7. The average Bonchev–Trinajstić information content (AvgIpc) is 3.14. The van der Waals surface area contributed by atoms with Crippen molar-refractivity contribution in [2.75, 3.05) is 0 Å². The zero-order chi connectivity index (χ0) is 15.1. The molecule has 0 aliphatic carbocycles. The van der Waals surface area contributed by atoms with Crippen LogP contribution in [0.25, 0.3) is 11.1 Å². The van der Waals surface area contributed by atoms with Gasteiger partial charge in [0.1, 0.15) is 0 Å². The predicted molar refractivity (Wildman–Crippen MR) is 92.2 cm³/mol. The van der Waals surface area contributed by atoms with E-state index in [1.54, 1.807) is 11.3 Å². The third kappa shape index (κ3) is 2.11. The highest BCUT2D eigenvalue weighted by atomic mass is 32.1. The van der Waals surface area contributed by atoms with E-state index in [0.29, 0.717) is 0 Å². The van der Waals surface area contributed by atoms with Gasteiger partial charge in [-0.05, 0) is 30.9 Å². The summed E-state index contributed by atoms with van der Waals surface area (Å²) in [6.07, 6.45) is 0.933. The Bertz CT molecular complexity index is 829. The molecule has 4 heteroatoms. The topological polar surface area (TPSA) is 30.2 Å². The van der Waals surface area contributed by atoms with Gasteiger partial charge in [-0.1, -0.05) is 36.4 Å². The highest BCUT2D eigenvalue weighted by molar-refractivity contribution is 7.10. The van der Waals surface area contributed by atoms with E-state index in [1.165, 1.54) is 16.2 Å². The molecule has 2 aromatic heterocycles. The monoisotopic (exact) mass is 307 g/mol. The lowest BCUT2D eigenvalue weighted by atomic mass is 10.0. The van der Waals surface area contributed by atoms with Crippen LogP contribution in [0.15, 0.2) is 52.8 Å². The summed E-state index contributed by atoms with van der Waals surface area (Å²) >= 11 is 1.79. The molecule has 0 radical (unpaired) electrons. The van der Waals surface area contributed by atoms with Gasteiger partial charge in [-0.25, -0.2) is 9.67 Å². The molecule has 0 saturated carbocycles. The van der Waals surface area contributed by atoms with Crippen molar-refractivity contribution in [1.82, 2.24) is 9.78 Å². The van der Waals surface area contributed by atoms with Crippen LogP contribution in [0.5, 0.6) is 0 Å². The molecule has 0 N–H and O–H groups in total. The molecule has 4 rings (SSSR count). The Balaban J connectivity index is 1.92. The number of aliphatic imine (C=N–C) groups is 1. The second kappa shape index (κ2) is 5.21. The van der Waals surface area contributed by atoms with Gasteiger partial charge in [0, 0.05) is 22.6 Å². The number of aryl methyl sites for hydroxylation is 1. The van der Waals surface area contributed by atoms with Crippen LogP contribution in [0.1, 0.15) is 30.0 Å². The molecule has 1 unspecified atom stereocenters. The van der Waals surface area contributed by atoms with Gasteiger partial charge in [0.2, 0.25) is 0 Å². The molecule has 3 nitrogen and oxygen atoms in total. The molecule has 1 atom stereocenters. The molecule has 0 fully saturated rings. The summed E-state index contributed by atoms with van der Waals surface area (Å²) in [4.78, 5) is 6.17. The summed E-state index contributed by atoms with van der Waals surface area (Å²) in [7, 11) is 0. The Morgan fingerprint density at radius 2 is 1.91 bits per heavy atom. The number of fused-ring (bicyclic) bond motifs is 1. The van der Waals surface area contributed by atoms with E-state index in [9.17, 15) is 0 Å². The van der Waals surface area contributed by atoms with Gasteiger partial charge >= 0.3 is 0 Å². The van der Waals surface area contributed by atoms with Crippen LogP contribution in [-0.2, 0) is 0 Å². The number of aromatic nitrogens is 2. The number of hydrogen-bond donors (Lipinski definition) is 0. The third-order valence-corrected chi connectivity index (χ3v) is 5.05. The van der Waals surface area contributed by atoms with Gasteiger partial charge in [0.25, 0.3) is 0 Å². The maximum absolute atomic E-state index is 4.82. The van der Waals surface area contributed by atoms with E-state index in [-0.39, 0.29) is 6.04 Å². The van der Waals surface area contributed by atoms with Crippen molar-refractivity contribution >= 4 is 22.9 Å². The number of thiophene rings is 1. The standard InChI is InChI=1S/C18H17N3S/c1-12-11-15(16-9-6-10-22-16)21-18(19-12)17(13(2)20-21)14-7-4-3-5-8-14/h3-10,15H,11H2,1-2H3. The van der Waals surface area contributed by atoms with E-state index in [1.807, 2.05) is 6.07 Å². The average molecular weight is 307 g/mol. The highest BCUT2D eigenvalue weighted by Crippen LogP contribution is 2.41. The van der Waals surface area contributed by atoms with Gasteiger partial charge in [-0.2, -0.15) is 5.10 Å². The van der Waals surface area contributed by atoms with E-state index >= 15 is 0 Å². The van der Waals surface area contributed by atoms with Gasteiger partial charge < -0.3 is 0 Å². The maximum Gasteiger partial charge on any atom is 0.159 e. The molecular formula is C18H17N3S. The van der Waals surface area contributed by atoms with Crippen molar-refractivity contribution in [3.8, 4) is 11.1 Å². The smallest absolute Gasteiger partial charge is 0.159 e. The first-order chi connectivity index (χ1) is 10.7. The van der Waals surface area contributed by atoms with Gasteiger partial charge in [-0.15, -0.1) is 11.3 Å². The molecule has 0 spiro atoms. The lowest BCUT2D eigenvalue weighted by Gasteiger charge is -2.22. The van der Waals surface area contributed by atoms with Crippen molar-refractivity contribution in [3.63, 3.8) is 0 Å². The molecule has 3 aromatic rings. The minimum atomic E-state index is 0.267. The molecule has 0 amide bonds. The lowest BCUT2D eigenvalue weighted by Crippen LogP contribution is -2.18. The summed E-state index contributed by atoms with van der Waals surface area (Å²) in [6, 6.07) is 15.0. The fourth-order valence-electron chi connectivity index (χ4n) is 3.10. The van der Waals surface area contributed by atoms with E-state index in [0.717, 1.165) is 23.5 Å². The quantitative estimate of drug-likeness (QED) is 0.655. The number of rotatable bonds is 2. The summed E-state index contributed by atoms with van der Waals surface area (Å²) in [5.74, 6) is 0.992. The summed E-state index contributed by atoms with van der Waals surface area (Å²) in [6.45, 7) is 4.19. The van der Waals surface area contributed by atoms with Crippen LogP contribution in [-0.4, -0.2) is 15.5 Å². The number of hydrogen-bond acceptors (Lipinski definition) is 3. The number of nitrogens with zero attached hydrogens (tertiary/aromatic N) is 3. The molecule has 0 bridgehead atoms. The molecule has 1 aromatic carbocycles. The van der Waals surface area contributed by atoms with Crippen molar-refractivity contribution in [2.24, 2.45) is 4.99 Å². The zero-order valence-corrected chi connectivity index (χ0v) is 13.5. The lowest BCUT2D eigenvalue weighted by molar-refractivity contribution is 0.536. The predicted octanol–water partition coefficient (Wildman–Crippen LogP) is 5.01. The third-order valence-electron chi connectivity index (χ3n) is 4.07. The normalized spacial score (nSPS) is 17.2. The molecule has 22 heavy (non-hydrogen) atoms. The Labute approximate surface area is 134 Å². The summed E-state index contributed by atoms with van der Waals surface area (Å²) in [5, 5.41) is 6.95. The maximum atomic E-state index is 4.82. The Kier molecular flexibility index (Phi) is 3.19. The van der Waals surface area contributed by atoms with Crippen molar-refractivity contribution in [1.29, 1.82) is 0 Å². The van der Waals surface area contributed by atoms with Gasteiger partial charge in [0.15, 0.2) is 5.82 Å². The first-order valence-corrected chi connectivity index (χ1v) is 8.34. The van der Waals surface area contributed by atoms with Gasteiger partial charge in [0.05, 0.1) is 11.7 Å². The van der Waals surface area contributed by atoms with Crippen LogP contribution < -0.4 is 0 Å². The summed E-state index contributed by atoms with van der Waals surface area (Å²) < 4.78 is 2.11. The molecule has 3 heterocycles. The SMILES string of the molecule is CC1=Nc2c(-c3ccccc3)c(C)nn2C(c2cccs2)C1. The van der Waals surface area contributed by atoms with Crippen LogP contribution >= 0.6 is 11.3 Å². The van der Waals surface area contributed by atoms with E-state index in [2.05, 4.69) is 60.3 Å². The Morgan fingerprint density at radius 3 is 2.64 bits per heavy atom. The molecule has 1 aliphatic rings. The van der Waals surface area contributed by atoms with Crippen molar-refractivity contribution in [3.05, 3.63) is 58.4 Å². The number of benzene rings is 1. The largest absolute Gasteiger partial charge is 0.238 e. The minimum Gasteiger partial charge on any atom is -0.238 e. The second-order valence-corrected chi connectivity index (χ2v) is 6.66.